The fourth-order valence-electron chi connectivity index (χ4n) is 1.84. The van der Waals surface area contributed by atoms with E-state index in [1.54, 1.807) is 0 Å². The third kappa shape index (κ3) is 4.54. The van der Waals surface area contributed by atoms with Crippen molar-refractivity contribution in [2.75, 3.05) is 11.9 Å². The largest absolute Gasteiger partial charge is 0.409 e. The molecule has 1 rings (SSSR count). The van der Waals surface area contributed by atoms with Crippen LogP contribution >= 0.6 is 0 Å². The Morgan fingerprint density at radius 1 is 1.24 bits per heavy atom. The lowest BCUT2D eigenvalue weighted by atomic mass is 9.86. The van der Waals surface area contributed by atoms with Crippen LogP contribution < -0.4 is 11.1 Å². The maximum absolute atomic E-state index is 13.4. The smallest absolute Gasteiger partial charge is 0.196 e. The van der Waals surface area contributed by atoms with Gasteiger partial charge >= 0.3 is 0 Å². The highest BCUT2D eigenvalue weighted by Crippen LogP contribution is 2.24. The standard InChI is InChI=1S/C14H20F3N3O/c1-14(2,13(18)20-21)7-3-4-8-19-10-6-5-9(15)11(16)12(10)17/h5-6,19,21H,3-4,7-8H2,1-2H3,(H2,18,20). The van der Waals surface area contributed by atoms with Gasteiger partial charge < -0.3 is 16.3 Å². The maximum atomic E-state index is 13.4. The topological polar surface area (TPSA) is 70.6 Å². The molecule has 0 aliphatic rings. The second-order valence-electron chi connectivity index (χ2n) is 5.48. The number of anilines is 1. The van der Waals surface area contributed by atoms with Crippen LogP contribution in [0.15, 0.2) is 17.3 Å². The summed E-state index contributed by atoms with van der Waals surface area (Å²) < 4.78 is 39.1. The van der Waals surface area contributed by atoms with Gasteiger partial charge in [0, 0.05) is 12.0 Å². The van der Waals surface area contributed by atoms with Gasteiger partial charge in [-0.3, -0.25) is 0 Å². The molecule has 118 valence electrons. The lowest BCUT2D eigenvalue weighted by molar-refractivity contribution is 0.304. The molecular formula is C14H20F3N3O. The van der Waals surface area contributed by atoms with E-state index < -0.39 is 22.9 Å². The van der Waals surface area contributed by atoms with E-state index in [0.717, 1.165) is 18.6 Å². The monoisotopic (exact) mass is 303 g/mol. The van der Waals surface area contributed by atoms with E-state index in [2.05, 4.69) is 10.5 Å². The van der Waals surface area contributed by atoms with Gasteiger partial charge in [-0.2, -0.15) is 0 Å². The van der Waals surface area contributed by atoms with Gasteiger partial charge in [-0.15, -0.1) is 0 Å². The van der Waals surface area contributed by atoms with Crippen LogP contribution in [-0.2, 0) is 0 Å². The summed E-state index contributed by atoms with van der Waals surface area (Å²) in [7, 11) is 0. The number of hydrogen-bond donors (Lipinski definition) is 3. The average molecular weight is 303 g/mol. The summed E-state index contributed by atoms with van der Waals surface area (Å²) in [6.07, 6.45) is 2.12. The summed E-state index contributed by atoms with van der Waals surface area (Å²) >= 11 is 0. The molecule has 1 aromatic rings. The molecular weight excluding hydrogens is 283 g/mol. The van der Waals surface area contributed by atoms with Gasteiger partial charge in [0.2, 0.25) is 0 Å². The normalized spacial score (nSPS) is 12.5. The van der Waals surface area contributed by atoms with E-state index >= 15 is 0 Å². The molecule has 4 nitrogen and oxygen atoms in total. The third-order valence-corrected chi connectivity index (χ3v) is 3.38. The summed E-state index contributed by atoms with van der Waals surface area (Å²) in [5, 5.41) is 14.3. The molecule has 0 heterocycles. The van der Waals surface area contributed by atoms with Crippen LogP contribution in [0.2, 0.25) is 0 Å². The SMILES string of the molecule is CC(C)(CCCCNc1ccc(F)c(F)c1F)/C(N)=N/O. The molecule has 1 aromatic carbocycles. The van der Waals surface area contributed by atoms with Crippen molar-refractivity contribution in [3.05, 3.63) is 29.6 Å². The average Bonchev–Trinajstić information content (AvgIpc) is 2.45. The van der Waals surface area contributed by atoms with E-state index in [9.17, 15) is 13.2 Å². The van der Waals surface area contributed by atoms with Crippen LogP contribution in [0.5, 0.6) is 0 Å². The fourth-order valence-corrected chi connectivity index (χ4v) is 1.84. The van der Waals surface area contributed by atoms with Gasteiger partial charge in [-0.05, 0) is 25.0 Å². The van der Waals surface area contributed by atoms with Crippen molar-refractivity contribution in [2.24, 2.45) is 16.3 Å². The van der Waals surface area contributed by atoms with E-state index in [-0.39, 0.29) is 11.5 Å². The molecule has 0 fully saturated rings. The van der Waals surface area contributed by atoms with Crippen molar-refractivity contribution >= 4 is 11.5 Å². The molecule has 0 spiro atoms. The highest BCUT2D eigenvalue weighted by molar-refractivity contribution is 5.85. The van der Waals surface area contributed by atoms with Crippen molar-refractivity contribution in [3.8, 4) is 0 Å². The summed E-state index contributed by atoms with van der Waals surface area (Å²) in [6.45, 7) is 4.11. The Hall–Kier alpha value is -1.92. The maximum Gasteiger partial charge on any atom is 0.196 e. The van der Waals surface area contributed by atoms with Crippen LogP contribution in [0.3, 0.4) is 0 Å². The predicted molar refractivity (Wildman–Crippen MR) is 75.8 cm³/mol. The Morgan fingerprint density at radius 2 is 1.90 bits per heavy atom. The predicted octanol–water partition coefficient (Wildman–Crippen LogP) is 3.46. The first-order valence-corrected chi connectivity index (χ1v) is 6.65. The molecule has 0 saturated carbocycles. The molecule has 4 N–H and O–H groups in total. The van der Waals surface area contributed by atoms with Crippen molar-refractivity contribution in [2.45, 2.75) is 33.1 Å². The highest BCUT2D eigenvalue weighted by atomic mass is 19.2. The third-order valence-electron chi connectivity index (χ3n) is 3.38. The van der Waals surface area contributed by atoms with Crippen LogP contribution in [0.1, 0.15) is 33.1 Å². The molecule has 0 aliphatic carbocycles. The number of hydrogen-bond acceptors (Lipinski definition) is 3. The van der Waals surface area contributed by atoms with Crippen molar-refractivity contribution in [1.29, 1.82) is 0 Å². The molecule has 0 radical (unpaired) electrons. The Labute approximate surface area is 121 Å². The zero-order chi connectivity index (χ0) is 16.0. The minimum atomic E-state index is -1.48. The van der Waals surface area contributed by atoms with Gasteiger partial charge in [0.05, 0.1) is 5.69 Å². The fraction of sp³-hybridized carbons (Fsp3) is 0.500. The zero-order valence-corrected chi connectivity index (χ0v) is 12.1. The number of amidine groups is 1. The van der Waals surface area contributed by atoms with Crippen LogP contribution in [-0.4, -0.2) is 17.6 Å². The molecule has 0 aliphatic heterocycles. The second-order valence-corrected chi connectivity index (χ2v) is 5.48. The Morgan fingerprint density at radius 3 is 2.52 bits per heavy atom. The highest BCUT2D eigenvalue weighted by Gasteiger charge is 2.22. The molecule has 0 amide bonds. The summed E-state index contributed by atoms with van der Waals surface area (Å²) in [6, 6.07) is 2.04. The lowest BCUT2D eigenvalue weighted by Gasteiger charge is -2.22. The number of benzene rings is 1. The van der Waals surface area contributed by atoms with Crippen molar-refractivity contribution < 1.29 is 18.4 Å². The van der Waals surface area contributed by atoms with Gasteiger partial charge in [-0.25, -0.2) is 13.2 Å². The number of oxime groups is 1. The number of halogens is 3. The molecule has 0 saturated heterocycles. The number of rotatable bonds is 7. The van der Waals surface area contributed by atoms with E-state index in [1.807, 2.05) is 13.8 Å². The summed E-state index contributed by atoms with van der Waals surface area (Å²) in [4.78, 5) is 0. The quantitative estimate of drug-likeness (QED) is 0.180. The minimum Gasteiger partial charge on any atom is -0.409 e. The number of nitrogens with zero attached hydrogens (tertiary/aromatic N) is 1. The van der Waals surface area contributed by atoms with Crippen molar-refractivity contribution in [1.82, 2.24) is 0 Å². The van der Waals surface area contributed by atoms with Gasteiger partial charge in [0.15, 0.2) is 17.5 Å². The molecule has 0 unspecified atom stereocenters. The van der Waals surface area contributed by atoms with Gasteiger partial charge in [0.25, 0.3) is 0 Å². The van der Waals surface area contributed by atoms with Crippen LogP contribution in [0.4, 0.5) is 18.9 Å². The first kappa shape index (κ1) is 17.1. The summed E-state index contributed by atoms with van der Waals surface area (Å²) in [5.74, 6) is -3.75. The van der Waals surface area contributed by atoms with Crippen LogP contribution in [0, 0.1) is 22.9 Å². The number of nitrogens with one attached hydrogen (secondary N) is 1. The van der Waals surface area contributed by atoms with Gasteiger partial charge in [0.1, 0.15) is 5.84 Å². The van der Waals surface area contributed by atoms with Gasteiger partial charge in [-0.1, -0.05) is 25.4 Å². The molecule has 7 heteroatoms. The molecule has 0 bridgehead atoms. The first-order valence-electron chi connectivity index (χ1n) is 6.65. The summed E-state index contributed by atoms with van der Waals surface area (Å²) in [5.41, 5.74) is 5.07. The van der Waals surface area contributed by atoms with E-state index in [0.29, 0.717) is 19.4 Å². The Kier molecular flexibility index (Phi) is 5.87. The second kappa shape index (κ2) is 7.19. The van der Waals surface area contributed by atoms with E-state index in [1.165, 1.54) is 0 Å². The zero-order valence-electron chi connectivity index (χ0n) is 12.1. The number of nitrogens with two attached hydrogens (primary N) is 1. The molecule has 0 atom stereocenters. The van der Waals surface area contributed by atoms with Crippen molar-refractivity contribution in [3.63, 3.8) is 0 Å². The number of unbranched alkanes of at least 4 members (excludes halogenated alkanes) is 1. The Balaban J connectivity index is 2.41. The van der Waals surface area contributed by atoms with E-state index in [4.69, 9.17) is 10.9 Å². The first-order chi connectivity index (χ1) is 9.79. The lowest BCUT2D eigenvalue weighted by Crippen LogP contribution is -2.31. The van der Waals surface area contributed by atoms with Crippen LogP contribution in [0.25, 0.3) is 0 Å². The Bertz CT molecular complexity index is 518. The minimum absolute atomic E-state index is 0.0652. The molecule has 0 aromatic heterocycles. The molecule has 21 heavy (non-hydrogen) atoms.